The molecule has 2 amide bonds. The van der Waals surface area contributed by atoms with Crippen molar-refractivity contribution in [1.29, 1.82) is 0 Å². The van der Waals surface area contributed by atoms with Crippen LogP contribution in [0, 0.1) is 17.8 Å². The summed E-state index contributed by atoms with van der Waals surface area (Å²) in [4.78, 5) is 26.8. The minimum absolute atomic E-state index is 0.0254. The Morgan fingerprint density at radius 1 is 1.30 bits per heavy atom. The summed E-state index contributed by atoms with van der Waals surface area (Å²) in [6, 6.07) is 7.38. The lowest BCUT2D eigenvalue weighted by molar-refractivity contribution is -0.122. The molecule has 1 aliphatic rings. The van der Waals surface area contributed by atoms with Gasteiger partial charge < -0.3 is 25.2 Å². The number of carbonyl (C=O) groups is 2. The zero-order valence-electron chi connectivity index (χ0n) is 20.7. The van der Waals surface area contributed by atoms with E-state index in [1.807, 2.05) is 43.3 Å². The molecule has 4 unspecified atom stereocenters. The van der Waals surface area contributed by atoms with Gasteiger partial charge in [0.15, 0.2) is 0 Å². The minimum Gasteiger partial charge on any atom is -0.497 e. The molecule has 0 spiro atoms. The number of nitrogens with zero attached hydrogens (tertiary/aromatic N) is 1. The van der Waals surface area contributed by atoms with Gasteiger partial charge in [-0.25, -0.2) is 4.79 Å². The number of benzene rings is 1. The van der Waals surface area contributed by atoms with Gasteiger partial charge in [0, 0.05) is 25.3 Å². The molecular formula is C25H41N3O5. The quantitative estimate of drug-likeness (QED) is 0.489. The van der Waals surface area contributed by atoms with Crippen LogP contribution in [0.15, 0.2) is 24.3 Å². The molecule has 0 bridgehead atoms. The van der Waals surface area contributed by atoms with Crippen LogP contribution in [-0.4, -0.2) is 62.4 Å². The third-order valence-electron chi connectivity index (χ3n) is 6.33. The Balaban J connectivity index is 2.06. The number of hydrogen-bond acceptors (Lipinski definition) is 7. The standard InChI is InChI=1S/C25H41N3O5/c1-17(2)11-18(15-26)12-23(29)27-24(30)33-22-10-9-20(16-28(3)4)25(31,14-22)19-7-6-8-21(13-19)32-5/h6-8,13,17-18,20,22,31H,9-12,14-16,26H2,1-5H3,(H,27,29,30). The molecule has 1 aromatic carbocycles. The second-order valence-electron chi connectivity index (χ2n) is 9.91. The normalized spacial score (nSPS) is 23.9. The summed E-state index contributed by atoms with van der Waals surface area (Å²) in [7, 11) is 5.54. The number of carbonyl (C=O) groups excluding carboxylic acids is 2. The molecule has 0 saturated heterocycles. The number of alkyl carbamates (subject to hydrolysis) is 1. The number of imide groups is 1. The van der Waals surface area contributed by atoms with Gasteiger partial charge in [0.1, 0.15) is 11.9 Å². The van der Waals surface area contributed by atoms with Crippen molar-refractivity contribution >= 4 is 12.0 Å². The third kappa shape index (κ3) is 7.98. The number of methoxy groups -OCH3 is 1. The van der Waals surface area contributed by atoms with E-state index in [0.29, 0.717) is 37.6 Å². The van der Waals surface area contributed by atoms with E-state index >= 15 is 0 Å². The number of nitrogens with two attached hydrogens (primary N) is 1. The molecule has 2 rings (SSSR count). The van der Waals surface area contributed by atoms with Crippen molar-refractivity contribution in [1.82, 2.24) is 10.2 Å². The highest BCUT2D eigenvalue weighted by Gasteiger charge is 2.45. The van der Waals surface area contributed by atoms with Crippen molar-refractivity contribution < 1.29 is 24.2 Å². The Morgan fingerprint density at radius 3 is 2.64 bits per heavy atom. The molecular weight excluding hydrogens is 422 g/mol. The average molecular weight is 464 g/mol. The van der Waals surface area contributed by atoms with E-state index in [0.717, 1.165) is 12.0 Å². The molecule has 0 radical (unpaired) electrons. The predicted molar refractivity (Wildman–Crippen MR) is 128 cm³/mol. The van der Waals surface area contributed by atoms with Crippen LogP contribution in [0.1, 0.15) is 51.5 Å². The number of nitrogens with one attached hydrogen (secondary N) is 1. The first-order chi connectivity index (χ1) is 15.6. The van der Waals surface area contributed by atoms with Crippen LogP contribution in [0.25, 0.3) is 0 Å². The zero-order chi connectivity index (χ0) is 24.6. The lowest BCUT2D eigenvalue weighted by atomic mass is 9.70. The molecule has 33 heavy (non-hydrogen) atoms. The molecule has 1 saturated carbocycles. The maximum absolute atomic E-state index is 12.4. The summed E-state index contributed by atoms with van der Waals surface area (Å²) in [6.07, 6.45) is 1.28. The Labute approximate surface area is 197 Å². The lowest BCUT2D eigenvalue weighted by Gasteiger charge is -2.44. The monoisotopic (exact) mass is 463 g/mol. The van der Waals surface area contributed by atoms with Gasteiger partial charge in [-0.05, 0) is 69.4 Å². The van der Waals surface area contributed by atoms with Gasteiger partial charge in [0.25, 0.3) is 0 Å². The van der Waals surface area contributed by atoms with E-state index in [1.165, 1.54) is 0 Å². The highest BCUT2D eigenvalue weighted by molar-refractivity contribution is 5.91. The first-order valence-corrected chi connectivity index (χ1v) is 11.8. The highest BCUT2D eigenvalue weighted by atomic mass is 16.6. The summed E-state index contributed by atoms with van der Waals surface area (Å²) in [5.74, 6) is 0.681. The third-order valence-corrected chi connectivity index (χ3v) is 6.33. The molecule has 0 heterocycles. The molecule has 186 valence electrons. The van der Waals surface area contributed by atoms with Gasteiger partial charge in [-0.1, -0.05) is 26.0 Å². The van der Waals surface area contributed by atoms with E-state index < -0.39 is 17.8 Å². The number of hydrogen-bond donors (Lipinski definition) is 3. The fraction of sp³-hybridized carbons (Fsp3) is 0.680. The SMILES string of the molecule is COc1cccc(C2(O)CC(OC(=O)NC(=O)CC(CN)CC(C)C)CCC2CN(C)C)c1. The Hall–Kier alpha value is -2.16. The van der Waals surface area contributed by atoms with Gasteiger partial charge in [-0.2, -0.15) is 0 Å². The first kappa shape index (κ1) is 27.1. The van der Waals surface area contributed by atoms with E-state index in [9.17, 15) is 14.7 Å². The predicted octanol–water partition coefficient (Wildman–Crippen LogP) is 2.88. The van der Waals surface area contributed by atoms with Crippen LogP contribution < -0.4 is 15.8 Å². The number of rotatable bonds is 10. The van der Waals surface area contributed by atoms with Crippen molar-refractivity contribution in [3.63, 3.8) is 0 Å². The fourth-order valence-corrected chi connectivity index (χ4v) is 4.81. The Morgan fingerprint density at radius 2 is 2.03 bits per heavy atom. The van der Waals surface area contributed by atoms with Crippen molar-refractivity contribution in [2.24, 2.45) is 23.5 Å². The topological polar surface area (TPSA) is 114 Å². The van der Waals surface area contributed by atoms with Crippen LogP contribution in [0.4, 0.5) is 4.79 Å². The van der Waals surface area contributed by atoms with Gasteiger partial charge in [0.05, 0.1) is 12.7 Å². The zero-order valence-corrected chi connectivity index (χ0v) is 20.7. The van der Waals surface area contributed by atoms with Crippen LogP contribution >= 0.6 is 0 Å². The van der Waals surface area contributed by atoms with Crippen molar-refractivity contribution in [2.45, 2.75) is 57.7 Å². The summed E-state index contributed by atoms with van der Waals surface area (Å²) in [6.45, 7) is 5.24. The maximum Gasteiger partial charge on any atom is 0.414 e. The summed E-state index contributed by atoms with van der Waals surface area (Å²) in [5, 5.41) is 14.1. The second-order valence-corrected chi connectivity index (χ2v) is 9.91. The van der Waals surface area contributed by atoms with E-state index in [-0.39, 0.29) is 30.6 Å². The highest BCUT2D eigenvalue weighted by Crippen LogP contribution is 2.43. The van der Waals surface area contributed by atoms with Gasteiger partial charge in [0.2, 0.25) is 5.91 Å². The molecule has 0 aromatic heterocycles. The first-order valence-electron chi connectivity index (χ1n) is 11.8. The second kappa shape index (κ2) is 12.3. The fourth-order valence-electron chi connectivity index (χ4n) is 4.81. The van der Waals surface area contributed by atoms with Crippen LogP contribution in [-0.2, 0) is 15.1 Å². The summed E-state index contributed by atoms with van der Waals surface area (Å²) < 4.78 is 10.9. The van der Waals surface area contributed by atoms with Crippen molar-refractivity contribution in [3.05, 3.63) is 29.8 Å². The average Bonchev–Trinajstić information content (AvgIpc) is 2.74. The van der Waals surface area contributed by atoms with Crippen LogP contribution in [0.5, 0.6) is 5.75 Å². The van der Waals surface area contributed by atoms with E-state index in [1.54, 1.807) is 7.11 Å². The molecule has 4 N–H and O–H groups in total. The Bertz CT molecular complexity index is 785. The molecule has 8 nitrogen and oxygen atoms in total. The van der Waals surface area contributed by atoms with Gasteiger partial charge in [-0.3, -0.25) is 10.1 Å². The largest absolute Gasteiger partial charge is 0.497 e. The van der Waals surface area contributed by atoms with E-state index in [4.69, 9.17) is 15.2 Å². The summed E-state index contributed by atoms with van der Waals surface area (Å²) >= 11 is 0. The molecule has 8 heteroatoms. The molecule has 1 aliphatic carbocycles. The molecule has 1 aromatic rings. The van der Waals surface area contributed by atoms with Crippen LogP contribution in [0.2, 0.25) is 0 Å². The Kier molecular flexibility index (Phi) is 10.1. The molecule has 4 atom stereocenters. The number of amides is 2. The lowest BCUT2D eigenvalue weighted by Crippen LogP contribution is -2.48. The molecule has 1 fully saturated rings. The smallest absolute Gasteiger partial charge is 0.414 e. The van der Waals surface area contributed by atoms with Crippen molar-refractivity contribution in [3.8, 4) is 5.75 Å². The van der Waals surface area contributed by atoms with Crippen LogP contribution in [0.3, 0.4) is 0 Å². The minimum atomic E-state index is -1.19. The van der Waals surface area contributed by atoms with Gasteiger partial charge >= 0.3 is 6.09 Å². The summed E-state index contributed by atoms with van der Waals surface area (Å²) in [5.41, 5.74) is 5.31. The van der Waals surface area contributed by atoms with E-state index in [2.05, 4.69) is 19.2 Å². The maximum atomic E-state index is 12.4. The number of ether oxygens (including phenoxy) is 2. The van der Waals surface area contributed by atoms with Crippen molar-refractivity contribution in [2.75, 3.05) is 34.3 Å². The number of aliphatic hydroxyl groups is 1. The molecule has 0 aliphatic heterocycles. The van der Waals surface area contributed by atoms with Gasteiger partial charge in [-0.15, -0.1) is 0 Å².